The minimum absolute atomic E-state index is 0.0963. The number of halogens is 1. The summed E-state index contributed by atoms with van der Waals surface area (Å²) in [5.41, 5.74) is 1.99. The summed E-state index contributed by atoms with van der Waals surface area (Å²) in [6, 6.07) is 15.2. The van der Waals surface area contributed by atoms with E-state index in [0.717, 1.165) is 35.9 Å². The smallest absolute Gasteiger partial charge is 0.227 e. The lowest BCUT2D eigenvalue weighted by Gasteiger charge is -2.35. The first-order valence-electron chi connectivity index (χ1n) is 9.88. The number of hydrogen-bond acceptors (Lipinski definition) is 6. The summed E-state index contributed by atoms with van der Waals surface area (Å²) in [6.45, 7) is 4.75. The van der Waals surface area contributed by atoms with Gasteiger partial charge in [0.15, 0.2) is 11.6 Å². The zero-order chi connectivity index (χ0) is 20.9. The Morgan fingerprint density at radius 1 is 1.03 bits per heavy atom. The molecule has 3 heterocycles. The molecule has 2 aromatic heterocycles. The number of aryl methyl sites for hydroxylation is 1. The molecule has 30 heavy (non-hydrogen) atoms. The minimum Gasteiger partial charge on any atom is -0.352 e. The molecule has 1 amide bonds. The molecule has 3 aromatic rings. The van der Waals surface area contributed by atoms with Gasteiger partial charge in [-0.25, -0.2) is 4.98 Å². The average molecular weight is 423 g/mol. The first-order chi connectivity index (χ1) is 14.6. The topological polar surface area (TPSA) is 74.2 Å². The number of hydrogen-bond donors (Lipinski definition) is 1. The maximum atomic E-state index is 12.6. The summed E-state index contributed by atoms with van der Waals surface area (Å²) in [6.07, 6.45) is 2.08. The Hall–Kier alpha value is -3.19. The van der Waals surface area contributed by atoms with Gasteiger partial charge in [-0.1, -0.05) is 29.8 Å². The van der Waals surface area contributed by atoms with Crippen LogP contribution in [-0.4, -0.2) is 52.2 Å². The highest BCUT2D eigenvalue weighted by Crippen LogP contribution is 2.19. The molecule has 8 heteroatoms. The Kier molecular flexibility index (Phi) is 6.09. The van der Waals surface area contributed by atoms with Crippen molar-refractivity contribution in [2.45, 2.75) is 13.3 Å². The molecule has 0 bridgehead atoms. The monoisotopic (exact) mass is 422 g/mol. The summed E-state index contributed by atoms with van der Waals surface area (Å²) in [5, 5.41) is 12.4. The fourth-order valence-corrected chi connectivity index (χ4v) is 3.60. The van der Waals surface area contributed by atoms with Crippen LogP contribution in [0.15, 0.2) is 54.7 Å². The molecule has 0 aliphatic carbocycles. The Morgan fingerprint density at radius 2 is 1.83 bits per heavy atom. The molecule has 4 rings (SSSR count). The molecule has 1 N–H and O–H groups in total. The standard InChI is InChI=1S/C22H23ClN6O/c1-16-8-9-24-20(14-16)25-19-6-7-21(27-26-19)28-10-12-29(13-11-28)22(30)15-17-4-2-3-5-18(17)23/h2-9,14H,10-13,15H2,1H3,(H,24,25,26). The van der Waals surface area contributed by atoms with Crippen molar-refractivity contribution in [1.82, 2.24) is 20.1 Å². The predicted octanol–water partition coefficient (Wildman–Crippen LogP) is 3.47. The van der Waals surface area contributed by atoms with Crippen molar-refractivity contribution in [3.63, 3.8) is 0 Å². The summed E-state index contributed by atoms with van der Waals surface area (Å²) in [7, 11) is 0. The lowest BCUT2D eigenvalue weighted by atomic mass is 10.1. The number of carbonyl (C=O) groups is 1. The lowest BCUT2D eigenvalue weighted by molar-refractivity contribution is -0.130. The van der Waals surface area contributed by atoms with Gasteiger partial charge in [-0.3, -0.25) is 4.79 Å². The minimum atomic E-state index is 0.0963. The van der Waals surface area contributed by atoms with Crippen molar-refractivity contribution in [2.24, 2.45) is 0 Å². The van der Waals surface area contributed by atoms with Crippen LogP contribution < -0.4 is 10.2 Å². The summed E-state index contributed by atoms with van der Waals surface area (Å²) in [4.78, 5) is 20.9. The van der Waals surface area contributed by atoms with Crippen molar-refractivity contribution < 1.29 is 4.79 Å². The van der Waals surface area contributed by atoms with E-state index in [-0.39, 0.29) is 5.91 Å². The number of rotatable bonds is 5. The number of amides is 1. The summed E-state index contributed by atoms with van der Waals surface area (Å²) >= 11 is 6.18. The van der Waals surface area contributed by atoms with Gasteiger partial charge >= 0.3 is 0 Å². The number of nitrogens with zero attached hydrogens (tertiary/aromatic N) is 5. The molecular formula is C22H23ClN6O. The van der Waals surface area contributed by atoms with E-state index in [2.05, 4.69) is 25.4 Å². The molecule has 0 radical (unpaired) electrons. The third kappa shape index (κ3) is 4.86. The van der Waals surface area contributed by atoms with Crippen LogP contribution in [0.5, 0.6) is 0 Å². The second-order valence-corrected chi connectivity index (χ2v) is 7.66. The number of carbonyl (C=O) groups excluding carboxylic acids is 1. The fraction of sp³-hybridized carbons (Fsp3) is 0.273. The SMILES string of the molecule is Cc1ccnc(Nc2ccc(N3CCN(C(=O)Cc4ccccc4Cl)CC3)nn2)c1. The van der Waals surface area contributed by atoms with Crippen LogP contribution >= 0.6 is 11.6 Å². The van der Waals surface area contributed by atoms with E-state index in [4.69, 9.17) is 11.6 Å². The fourth-order valence-electron chi connectivity index (χ4n) is 3.40. The van der Waals surface area contributed by atoms with Gasteiger partial charge in [0.1, 0.15) is 5.82 Å². The van der Waals surface area contributed by atoms with Gasteiger partial charge in [0.2, 0.25) is 5.91 Å². The van der Waals surface area contributed by atoms with Gasteiger partial charge in [-0.05, 0) is 48.4 Å². The van der Waals surface area contributed by atoms with Gasteiger partial charge in [0, 0.05) is 37.4 Å². The average Bonchev–Trinajstić information content (AvgIpc) is 2.76. The first kappa shape index (κ1) is 20.1. The maximum Gasteiger partial charge on any atom is 0.227 e. The van der Waals surface area contributed by atoms with Gasteiger partial charge in [-0.2, -0.15) is 0 Å². The van der Waals surface area contributed by atoms with E-state index in [1.165, 1.54) is 0 Å². The van der Waals surface area contributed by atoms with Crippen molar-refractivity contribution in [3.05, 3.63) is 70.9 Å². The third-order valence-corrected chi connectivity index (χ3v) is 5.45. The Balaban J connectivity index is 1.31. The zero-order valence-electron chi connectivity index (χ0n) is 16.8. The molecule has 1 aromatic carbocycles. The van der Waals surface area contributed by atoms with Crippen LogP contribution in [0.4, 0.5) is 17.5 Å². The van der Waals surface area contributed by atoms with E-state index >= 15 is 0 Å². The number of nitrogens with one attached hydrogen (secondary N) is 1. The van der Waals surface area contributed by atoms with E-state index in [1.54, 1.807) is 6.20 Å². The number of aromatic nitrogens is 3. The Labute approximate surface area is 180 Å². The molecule has 1 fully saturated rings. The Morgan fingerprint density at radius 3 is 2.53 bits per heavy atom. The number of piperazine rings is 1. The van der Waals surface area contributed by atoms with E-state index in [1.807, 2.05) is 60.4 Å². The predicted molar refractivity (Wildman–Crippen MR) is 118 cm³/mol. The maximum absolute atomic E-state index is 12.6. The quantitative estimate of drug-likeness (QED) is 0.678. The van der Waals surface area contributed by atoms with Crippen LogP contribution in [0.3, 0.4) is 0 Å². The zero-order valence-corrected chi connectivity index (χ0v) is 17.5. The lowest BCUT2D eigenvalue weighted by Crippen LogP contribution is -2.49. The molecule has 154 valence electrons. The van der Waals surface area contributed by atoms with Gasteiger partial charge in [-0.15, -0.1) is 10.2 Å². The molecule has 0 saturated carbocycles. The van der Waals surface area contributed by atoms with Gasteiger partial charge in [0.25, 0.3) is 0 Å². The molecule has 0 spiro atoms. The highest BCUT2D eigenvalue weighted by Gasteiger charge is 2.22. The molecule has 0 atom stereocenters. The summed E-state index contributed by atoms with van der Waals surface area (Å²) in [5.74, 6) is 2.28. The van der Waals surface area contributed by atoms with Crippen LogP contribution in [0.1, 0.15) is 11.1 Å². The largest absolute Gasteiger partial charge is 0.352 e. The summed E-state index contributed by atoms with van der Waals surface area (Å²) < 4.78 is 0. The van der Waals surface area contributed by atoms with E-state index < -0.39 is 0 Å². The molecule has 1 saturated heterocycles. The van der Waals surface area contributed by atoms with E-state index in [9.17, 15) is 4.79 Å². The second kappa shape index (κ2) is 9.09. The van der Waals surface area contributed by atoms with E-state index in [0.29, 0.717) is 30.4 Å². The first-order valence-corrected chi connectivity index (χ1v) is 10.3. The second-order valence-electron chi connectivity index (χ2n) is 7.26. The number of pyridine rings is 1. The van der Waals surface area contributed by atoms with Crippen molar-refractivity contribution >= 4 is 35.0 Å². The van der Waals surface area contributed by atoms with Gasteiger partial charge in [0.05, 0.1) is 6.42 Å². The number of anilines is 3. The molecule has 1 aliphatic rings. The molecule has 0 unspecified atom stereocenters. The number of benzene rings is 1. The van der Waals surface area contributed by atoms with Crippen molar-refractivity contribution in [3.8, 4) is 0 Å². The van der Waals surface area contributed by atoms with Crippen LogP contribution in [0, 0.1) is 6.92 Å². The van der Waals surface area contributed by atoms with Crippen molar-refractivity contribution in [2.75, 3.05) is 36.4 Å². The van der Waals surface area contributed by atoms with Gasteiger partial charge < -0.3 is 15.1 Å². The highest BCUT2D eigenvalue weighted by molar-refractivity contribution is 6.31. The van der Waals surface area contributed by atoms with Crippen LogP contribution in [0.25, 0.3) is 0 Å². The van der Waals surface area contributed by atoms with Crippen molar-refractivity contribution in [1.29, 1.82) is 0 Å². The molecule has 7 nitrogen and oxygen atoms in total. The van der Waals surface area contributed by atoms with Crippen LogP contribution in [0.2, 0.25) is 5.02 Å². The third-order valence-electron chi connectivity index (χ3n) is 5.08. The Bertz CT molecular complexity index is 1020. The van der Waals surface area contributed by atoms with Crippen LogP contribution in [-0.2, 0) is 11.2 Å². The normalized spacial score (nSPS) is 13.9. The highest BCUT2D eigenvalue weighted by atomic mass is 35.5. The molecule has 1 aliphatic heterocycles. The molecular weight excluding hydrogens is 400 g/mol.